The molecule has 1 aromatic heterocycles. The van der Waals surface area contributed by atoms with Crippen LogP contribution in [0.2, 0.25) is 0 Å². The van der Waals surface area contributed by atoms with Crippen molar-refractivity contribution in [1.82, 2.24) is 14.7 Å². The molecule has 28 heavy (non-hydrogen) atoms. The summed E-state index contributed by atoms with van der Waals surface area (Å²) in [6, 6.07) is 2.48. The van der Waals surface area contributed by atoms with Crippen LogP contribution in [0.5, 0.6) is 0 Å². The van der Waals surface area contributed by atoms with Crippen LogP contribution < -0.4 is 0 Å². The first-order valence-electron chi connectivity index (χ1n) is 10.4. The van der Waals surface area contributed by atoms with Crippen molar-refractivity contribution in [2.45, 2.75) is 39.7 Å². The van der Waals surface area contributed by atoms with Gasteiger partial charge in [0, 0.05) is 44.5 Å². The van der Waals surface area contributed by atoms with Crippen LogP contribution in [0.15, 0.2) is 57.1 Å². The van der Waals surface area contributed by atoms with Gasteiger partial charge in [0.25, 0.3) is 0 Å². The third-order valence-electron chi connectivity index (χ3n) is 6.04. The summed E-state index contributed by atoms with van der Waals surface area (Å²) >= 11 is 1.78. The lowest BCUT2D eigenvalue weighted by Gasteiger charge is -2.41. The Balaban J connectivity index is 1.71. The molecule has 2 unspecified atom stereocenters. The van der Waals surface area contributed by atoms with E-state index in [1.54, 1.807) is 11.3 Å². The van der Waals surface area contributed by atoms with Gasteiger partial charge in [-0.3, -0.25) is 4.99 Å². The second-order valence-electron chi connectivity index (χ2n) is 8.43. The number of allylic oxidation sites excluding steroid dienone is 3. The summed E-state index contributed by atoms with van der Waals surface area (Å²) in [5.74, 6) is 1.65. The molecule has 0 bridgehead atoms. The minimum absolute atomic E-state index is 0.237. The highest BCUT2D eigenvalue weighted by molar-refractivity contribution is 7.07. The van der Waals surface area contributed by atoms with Crippen molar-refractivity contribution in [3.63, 3.8) is 0 Å². The van der Waals surface area contributed by atoms with Crippen LogP contribution >= 0.6 is 11.3 Å². The van der Waals surface area contributed by atoms with Crippen LogP contribution in [0.4, 0.5) is 0 Å². The summed E-state index contributed by atoms with van der Waals surface area (Å²) in [4.78, 5) is 12.5. The second kappa shape index (κ2) is 8.26. The highest BCUT2D eigenvalue weighted by Crippen LogP contribution is 2.30. The van der Waals surface area contributed by atoms with Crippen molar-refractivity contribution in [3.8, 4) is 0 Å². The monoisotopic (exact) mass is 396 g/mol. The third kappa shape index (κ3) is 4.11. The molecule has 150 valence electrons. The SMILES string of the molecule is CC1=CN2C(Cc3ccsc3)=CC(C)CC=C(N3CCN(C)CC3)C2=NC1C. The molecule has 4 heterocycles. The smallest absolute Gasteiger partial charge is 0.156 e. The second-order valence-corrected chi connectivity index (χ2v) is 9.21. The van der Waals surface area contributed by atoms with Gasteiger partial charge in [0.05, 0.1) is 11.7 Å². The summed E-state index contributed by atoms with van der Waals surface area (Å²) in [5, 5.41) is 4.44. The molecule has 0 aliphatic carbocycles. The zero-order valence-corrected chi connectivity index (χ0v) is 18.4. The minimum Gasteiger partial charge on any atom is -0.366 e. The number of nitrogens with zero attached hydrogens (tertiary/aromatic N) is 4. The summed E-state index contributed by atoms with van der Waals surface area (Å²) in [6.45, 7) is 11.1. The molecule has 2 atom stereocenters. The number of hydrogen-bond acceptors (Lipinski definition) is 5. The molecule has 0 amide bonds. The molecule has 3 aliphatic heterocycles. The standard InChI is InChI=1S/C23H32N4S/c1-17-5-6-22(26-10-8-25(4)9-11-26)23-24-19(3)18(2)15-27(23)21(13-17)14-20-7-12-28-16-20/h6-7,12-13,15-17,19H,5,8-11,14H2,1-4H3. The average molecular weight is 397 g/mol. The summed E-state index contributed by atoms with van der Waals surface area (Å²) in [7, 11) is 2.21. The summed E-state index contributed by atoms with van der Waals surface area (Å²) in [5.41, 5.74) is 5.39. The number of likely N-dealkylation sites (N-methyl/N-ethyl adjacent to an activating group) is 1. The Morgan fingerprint density at radius 3 is 2.68 bits per heavy atom. The Kier molecular flexibility index (Phi) is 5.74. The molecular weight excluding hydrogens is 364 g/mol. The van der Waals surface area contributed by atoms with E-state index in [0.29, 0.717) is 5.92 Å². The van der Waals surface area contributed by atoms with Crippen molar-refractivity contribution >= 4 is 17.2 Å². The minimum atomic E-state index is 0.237. The Morgan fingerprint density at radius 2 is 1.96 bits per heavy atom. The first-order chi connectivity index (χ1) is 13.5. The van der Waals surface area contributed by atoms with Crippen LogP contribution in [0.3, 0.4) is 0 Å². The van der Waals surface area contributed by atoms with E-state index in [-0.39, 0.29) is 6.04 Å². The molecule has 1 fully saturated rings. The maximum absolute atomic E-state index is 5.18. The van der Waals surface area contributed by atoms with Gasteiger partial charge in [-0.1, -0.05) is 19.1 Å². The van der Waals surface area contributed by atoms with E-state index in [2.05, 4.69) is 77.7 Å². The van der Waals surface area contributed by atoms with E-state index in [1.165, 1.54) is 22.5 Å². The van der Waals surface area contributed by atoms with Gasteiger partial charge in [-0.2, -0.15) is 11.3 Å². The van der Waals surface area contributed by atoms with E-state index in [9.17, 15) is 0 Å². The zero-order valence-electron chi connectivity index (χ0n) is 17.6. The predicted molar refractivity (Wildman–Crippen MR) is 120 cm³/mol. The summed E-state index contributed by atoms with van der Waals surface area (Å²) < 4.78 is 0. The van der Waals surface area contributed by atoms with Crippen molar-refractivity contribution in [1.29, 1.82) is 0 Å². The number of fused-ring (bicyclic) bond motifs is 1. The van der Waals surface area contributed by atoms with E-state index >= 15 is 0 Å². The zero-order chi connectivity index (χ0) is 19.7. The third-order valence-corrected chi connectivity index (χ3v) is 6.78. The van der Waals surface area contributed by atoms with Gasteiger partial charge in [-0.05, 0) is 61.2 Å². The molecule has 3 aliphatic rings. The lowest BCUT2D eigenvalue weighted by molar-refractivity contribution is 0.190. The fourth-order valence-electron chi connectivity index (χ4n) is 4.06. The quantitative estimate of drug-likeness (QED) is 0.758. The van der Waals surface area contributed by atoms with Crippen LogP contribution in [0.25, 0.3) is 0 Å². The molecule has 0 spiro atoms. The molecule has 5 heteroatoms. The molecule has 0 radical (unpaired) electrons. The Labute approximate surface area is 173 Å². The first kappa shape index (κ1) is 19.5. The first-order valence-corrected chi connectivity index (χ1v) is 11.4. The molecule has 0 aromatic carbocycles. The van der Waals surface area contributed by atoms with E-state index in [4.69, 9.17) is 4.99 Å². The van der Waals surface area contributed by atoms with Gasteiger partial charge in [-0.25, -0.2) is 0 Å². The molecule has 0 N–H and O–H groups in total. The van der Waals surface area contributed by atoms with Crippen molar-refractivity contribution < 1.29 is 0 Å². The Morgan fingerprint density at radius 1 is 1.18 bits per heavy atom. The van der Waals surface area contributed by atoms with Crippen molar-refractivity contribution in [3.05, 3.63) is 57.7 Å². The van der Waals surface area contributed by atoms with Gasteiger partial charge in [0.15, 0.2) is 5.84 Å². The molecule has 1 aromatic rings. The van der Waals surface area contributed by atoms with Crippen LogP contribution in [0.1, 0.15) is 32.8 Å². The molecule has 1 saturated heterocycles. The molecule has 4 rings (SSSR count). The molecule has 0 saturated carbocycles. The van der Waals surface area contributed by atoms with Crippen molar-refractivity contribution in [2.24, 2.45) is 10.9 Å². The van der Waals surface area contributed by atoms with Gasteiger partial charge in [0.1, 0.15) is 0 Å². The number of thiophene rings is 1. The fraction of sp³-hybridized carbons (Fsp3) is 0.522. The topological polar surface area (TPSA) is 22.1 Å². The maximum atomic E-state index is 5.18. The molecule has 4 nitrogen and oxygen atoms in total. The van der Waals surface area contributed by atoms with Gasteiger partial charge < -0.3 is 14.7 Å². The van der Waals surface area contributed by atoms with Crippen LogP contribution in [0, 0.1) is 5.92 Å². The highest BCUT2D eigenvalue weighted by atomic mass is 32.1. The lowest BCUT2D eigenvalue weighted by atomic mass is 9.98. The number of aliphatic imine (C=N–C) groups is 1. The normalized spacial score (nSPS) is 26.6. The largest absolute Gasteiger partial charge is 0.366 e. The molecular formula is C23H32N4S. The number of piperazine rings is 1. The predicted octanol–water partition coefficient (Wildman–Crippen LogP) is 4.35. The number of hydrogen-bond donors (Lipinski definition) is 0. The van der Waals surface area contributed by atoms with Gasteiger partial charge in [-0.15, -0.1) is 0 Å². The van der Waals surface area contributed by atoms with E-state index in [1.807, 2.05) is 0 Å². The van der Waals surface area contributed by atoms with Gasteiger partial charge >= 0.3 is 0 Å². The van der Waals surface area contributed by atoms with Crippen LogP contribution in [-0.2, 0) is 6.42 Å². The lowest BCUT2D eigenvalue weighted by Crippen LogP contribution is -2.48. The Bertz CT molecular complexity index is 810. The highest BCUT2D eigenvalue weighted by Gasteiger charge is 2.30. The average Bonchev–Trinajstić information content (AvgIpc) is 3.17. The number of rotatable bonds is 3. The van der Waals surface area contributed by atoms with Crippen molar-refractivity contribution in [2.75, 3.05) is 33.2 Å². The summed E-state index contributed by atoms with van der Waals surface area (Å²) in [6.07, 6.45) is 9.23. The van der Waals surface area contributed by atoms with Crippen LogP contribution in [-0.4, -0.2) is 59.8 Å². The number of amidine groups is 1. The maximum Gasteiger partial charge on any atom is 0.156 e. The fourth-order valence-corrected chi connectivity index (χ4v) is 4.73. The van der Waals surface area contributed by atoms with E-state index < -0.39 is 0 Å². The Hall–Kier alpha value is -1.85. The van der Waals surface area contributed by atoms with Gasteiger partial charge in [0.2, 0.25) is 0 Å². The van der Waals surface area contributed by atoms with E-state index in [0.717, 1.165) is 44.9 Å².